The Balaban J connectivity index is 1.75. The molecule has 1 N–H and O–H groups in total. The molecule has 5 fully saturated rings. The molecule has 2 saturated carbocycles. The first kappa shape index (κ1) is 26.4. The lowest BCUT2D eigenvalue weighted by Gasteiger charge is -2.56. The van der Waals surface area contributed by atoms with Gasteiger partial charge in [0.05, 0.1) is 29.1 Å². The van der Waals surface area contributed by atoms with E-state index in [-0.39, 0.29) is 0 Å². The molecule has 0 aromatic rings. The van der Waals surface area contributed by atoms with E-state index in [9.17, 15) is 24.3 Å². The fraction of sp³-hybridized carbons (Fsp3) is 0.846. The van der Waals surface area contributed by atoms with Crippen LogP contribution in [0.15, 0.2) is 0 Å². The van der Waals surface area contributed by atoms with Gasteiger partial charge >= 0.3 is 23.9 Å². The molecule has 37 heavy (non-hydrogen) atoms. The molecule has 11 heteroatoms. The average Bonchev–Trinajstić information content (AvgIpc) is 3.69. The molecule has 206 valence electrons. The SMILES string of the molecule is CC(=O)O[C@H]1CC[C@@]2(CO2)[C@@H]2[C@H](OC(C)=O)[C@]3(O)[C@@H](C)C(=O)O[C@H]3[C@@H]3O[C@]3(C)CC[C@H](OC(C)=O)[C@@]12C. The van der Waals surface area contributed by atoms with Crippen molar-refractivity contribution in [3.63, 3.8) is 0 Å². The fourth-order valence-electron chi connectivity index (χ4n) is 7.45. The zero-order chi connectivity index (χ0) is 27.1. The lowest BCUT2D eigenvalue weighted by atomic mass is 9.52. The molecule has 1 spiro atoms. The lowest BCUT2D eigenvalue weighted by Crippen LogP contribution is -2.70. The summed E-state index contributed by atoms with van der Waals surface area (Å²) in [7, 11) is 0. The Kier molecular flexibility index (Phi) is 5.97. The summed E-state index contributed by atoms with van der Waals surface area (Å²) in [5.74, 6) is -4.20. The normalized spacial score (nSPS) is 50.0. The Morgan fingerprint density at radius 2 is 1.46 bits per heavy atom. The number of carbonyl (C=O) groups excluding carboxylic acids is 4. The van der Waals surface area contributed by atoms with Crippen molar-refractivity contribution in [3.05, 3.63) is 0 Å². The number of hydrogen-bond donors (Lipinski definition) is 1. The van der Waals surface area contributed by atoms with Crippen LogP contribution in [0.4, 0.5) is 0 Å². The molecule has 0 amide bonds. The van der Waals surface area contributed by atoms with Gasteiger partial charge in [0.25, 0.3) is 0 Å². The lowest BCUT2D eigenvalue weighted by molar-refractivity contribution is -0.246. The minimum Gasteiger partial charge on any atom is -0.462 e. The molecule has 0 aromatic heterocycles. The van der Waals surface area contributed by atoms with Gasteiger partial charge in [-0.25, -0.2) is 0 Å². The smallest absolute Gasteiger partial charge is 0.312 e. The summed E-state index contributed by atoms with van der Waals surface area (Å²) in [5.41, 5.74) is -4.75. The van der Waals surface area contributed by atoms with Crippen molar-refractivity contribution in [2.75, 3.05) is 6.61 Å². The molecule has 3 saturated heterocycles. The van der Waals surface area contributed by atoms with Gasteiger partial charge in [-0.1, -0.05) is 6.92 Å². The fourth-order valence-corrected chi connectivity index (χ4v) is 7.45. The third kappa shape index (κ3) is 3.87. The van der Waals surface area contributed by atoms with Gasteiger partial charge in [-0.15, -0.1) is 0 Å². The van der Waals surface area contributed by atoms with Crippen LogP contribution in [0.3, 0.4) is 0 Å². The molecule has 3 aliphatic heterocycles. The minimum absolute atomic E-state index is 0.312. The third-order valence-corrected chi connectivity index (χ3v) is 9.50. The summed E-state index contributed by atoms with van der Waals surface area (Å²) < 4.78 is 35.5. The summed E-state index contributed by atoms with van der Waals surface area (Å²) >= 11 is 0. The summed E-state index contributed by atoms with van der Waals surface area (Å²) in [6.45, 7) is 9.36. The predicted octanol–water partition coefficient (Wildman–Crippen LogP) is 1.21. The Bertz CT molecular complexity index is 1020. The summed E-state index contributed by atoms with van der Waals surface area (Å²) in [4.78, 5) is 50.1. The van der Waals surface area contributed by atoms with Crippen LogP contribution in [0.1, 0.15) is 67.2 Å². The molecule has 2 aliphatic carbocycles. The van der Waals surface area contributed by atoms with E-state index in [1.165, 1.54) is 27.7 Å². The van der Waals surface area contributed by atoms with Gasteiger partial charge in [0.1, 0.15) is 24.4 Å². The monoisotopic (exact) mass is 524 g/mol. The summed E-state index contributed by atoms with van der Waals surface area (Å²) in [6.07, 6.45) is -2.95. The molecule has 0 radical (unpaired) electrons. The highest BCUT2D eigenvalue weighted by Crippen LogP contribution is 2.64. The van der Waals surface area contributed by atoms with Gasteiger partial charge in [-0.2, -0.15) is 0 Å². The number of aliphatic hydroxyl groups is 1. The van der Waals surface area contributed by atoms with Gasteiger partial charge in [-0.05, 0) is 39.5 Å². The van der Waals surface area contributed by atoms with Crippen LogP contribution in [-0.2, 0) is 47.6 Å². The maximum Gasteiger partial charge on any atom is 0.312 e. The second-order valence-corrected chi connectivity index (χ2v) is 11.8. The highest BCUT2D eigenvalue weighted by atomic mass is 16.7. The number of carbonyl (C=O) groups is 4. The topological polar surface area (TPSA) is 150 Å². The first-order chi connectivity index (χ1) is 17.2. The maximum atomic E-state index is 12.9. The second kappa shape index (κ2) is 8.38. The molecule has 11 nitrogen and oxygen atoms in total. The van der Waals surface area contributed by atoms with Gasteiger partial charge in [0.15, 0.2) is 11.7 Å². The molecule has 11 atom stereocenters. The van der Waals surface area contributed by atoms with Crippen molar-refractivity contribution in [3.8, 4) is 0 Å². The summed E-state index contributed by atoms with van der Waals surface area (Å²) in [5, 5.41) is 12.5. The molecular formula is C26H36O11. The molecule has 0 aromatic carbocycles. The molecule has 3 heterocycles. The number of rotatable bonds is 3. The Hall–Kier alpha value is -2.24. The molecule has 0 bridgehead atoms. The van der Waals surface area contributed by atoms with Crippen LogP contribution in [0, 0.1) is 17.3 Å². The number of ether oxygens (including phenoxy) is 6. The second-order valence-electron chi connectivity index (χ2n) is 11.8. The van der Waals surface area contributed by atoms with E-state index in [1.807, 2.05) is 13.8 Å². The van der Waals surface area contributed by atoms with E-state index in [0.717, 1.165) is 0 Å². The number of hydrogen-bond acceptors (Lipinski definition) is 11. The Morgan fingerprint density at radius 1 is 0.919 bits per heavy atom. The predicted molar refractivity (Wildman–Crippen MR) is 123 cm³/mol. The standard InChI is InChI=1S/C26H36O11/c1-12-22(30)36-21-20-23(5,37-20)9-7-16(33-13(2)27)24(6)17(34-14(3)28)8-10-25(11-32-25)18(24)19(26(12,21)31)35-15(4)29/h12,16-21,31H,7-11H2,1-6H3/t12-,16-,17-,18+,19-,20-,21-,23+,24-,25+,26+/m0/s1. The van der Waals surface area contributed by atoms with Gasteiger partial charge in [0.2, 0.25) is 0 Å². The number of epoxide rings is 2. The zero-order valence-corrected chi connectivity index (χ0v) is 22.1. The number of fused-ring (bicyclic) bond motifs is 5. The van der Waals surface area contributed by atoms with Crippen molar-refractivity contribution < 1.29 is 52.7 Å². The van der Waals surface area contributed by atoms with E-state index >= 15 is 0 Å². The zero-order valence-electron chi connectivity index (χ0n) is 22.1. The maximum absolute atomic E-state index is 12.9. The quantitative estimate of drug-likeness (QED) is 0.322. The molecule has 0 unspecified atom stereocenters. The highest BCUT2D eigenvalue weighted by Gasteiger charge is 2.78. The van der Waals surface area contributed by atoms with Crippen molar-refractivity contribution in [2.45, 2.75) is 115 Å². The first-order valence-electron chi connectivity index (χ1n) is 13.0. The molecular weight excluding hydrogens is 488 g/mol. The third-order valence-electron chi connectivity index (χ3n) is 9.50. The largest absolute Gasteiger partial charge is 0.462 e. The van der Waals surface area contributed by atoms with E-state index < -0.39 is 88.5 Å². The van der Waals surface area contributed by atoms with Gasteiger partial charge in [-0.3, -0.25) is 19.2 Å². The van der Waals surface area contributed by atoms with Gasteiger partial charge < -0.3 is 33.5 Å². The van der Waals surface area contributed by atoms with Crippen LogP contribution < -0.4 is 0 Å². The molecule has 5 aliphatic rings. The highest BCUT2D eigenvalue weighted by molar-refractivity contribution is 5.77. The molecule has 5 rings (SSSR count). The van der Waals surface area contributed by atoms with E-state index in [1.54, 1.807) is 0 Å². The van der Waals surface area contributed by atoms with Crippen molar-refractivity contribution in [2.24, 2.45) is 17.3 Å². The van der Waals surface area contributed by atoms with Crippen LogP contribution in [0.5, 0.6) is 0 Å². The van der Waals surface area contributed by atoms with E-state index in [4.69, 9.17) is 28.4 Å². The van der Waals surface area contributed by atoms with E-state index in [2.05, 4.69) is 0 Å². The summed E-state index contributed by atoms with van der Waals surface area (Å²) in [6, 6.07) is 0. The van der Waals surface area contributed by atoms with Crippen molar-refractivity contribution >= 4 is 23.9 Å². The van der Waals surface area contributed by atoms with Gasteiger partial charge in [0, 0.05) is 26.7 Å². The van der Waals surface area contributed by atoms with Crippen LogP contribution in [-0.4, -0.2) is 82.9 Å². The Morgan fingerprint density at radius 3 is 1.97 bits per heavy atom. The van der Waals surface area contributed by atoms with Crippen molar-refractivity contribution in [1.82, 2.24) is 0 Å². The minimum atomic E-state index is -1.98. The van der Waals surface area contributed by atoms with Crippen molar-refractivity contribution in [1.29, 1.82) is 0 Å². The van der Waals surface area contributed by atoms with E-state index in [0.29, 0.717) is 32.3 Å². The average molecular weight is 525 g/mol. The Labute approximate surface area is 215 Å². The van der Waals surface area contributed by atoms with Crippen LogP contribution >= 0.6 is 0 Å². The van der Waals surface area contributed by atoms with Crippen LogP contribution in [0.25, 0.3) is 0 Å². The number of esters is 4. The van der Waals surface area contributed by atoms with Crippen LogP contribution in [0.2, 0.25) is 0 Å². The first-order valence-corrected chi connectivity index (χ1v) is 13.0.